The number of aromatic carboxylic acids is 1. The average molecular weight is 204 g/mol. The van der Waals surface area contributed by atoms with E-state index < -0.39 is 18.2 Å². The number of carboxylic acid groups (broad SMARTS) is 1. The van der Waals surface area contributed by atoms with E-state index in [1.54, 1.807) is 0 Å². The van der Waals surface area contributed by atoms with Crippen molar-refractivity contribution in [1.29, 1.82) is 0 Å². The minimum Gasteiger partial charge on any atom is -0.477 e. The van der Waals surface area contributed by atoms with Crippen molar-refractivity contribution in [2.75, 3.05) is 5.43 Å². The molecule has 14 heavy (non-hydrogen) atoms. The molecule has 0 atom stereocenters. The summed E-state index contributed by atoms with van der Waals surface area (Å²) in [6, 6.07) is 0. The fourth-order valence-corrected chi connectivity index (χ4v) is 0.767. The number of nitrogen functional groups attached to an aromatic ring is 1. The second kappa shape index (κ2) is 3.92. The van der Waals surface area contributed by atoms with Gasteiger partial charge in [0.1, 0.15) is 5.56 Å². The van der Waals surface area contributed by atoms with E-state index in [1.165, 1.54) is 0 Å². The molecule has 1 aromatic rings. The number of alkyl halides is 2. The monoisotopic (exact) mass is 204 g/mol. The van der Waals surface area contributed by atoms with Gasteiger partial charge in [-0.3, -0.25) is 0 Å². The highest BCUT2D eigenvalue weighted by Crippen LogP contribution is 2.17. The Bertz CT molecular complexity index is 358. The Morgan fingerprint density at radius 1 is 1.64 bits per heavy atom. The van der Waals surface area contributed by atoms with Gasteiger partial charge in [0, 0.05) is 6.20 Å². The Labute approximate surface area is 76.7 Å². The summed E-state index contributed by atoms with van der Waals surface area (Å²) in [6.45, 7) is 0. The zero-order chi connectivity index (χ0) is 10.7. The largest absolute Gasteiger partial charge is 0.477 e. The van der Waals surface area contributed by atoms with E-state index in [9.17, 15) is 13.6 Å². The molecule has 0 aliphatic rings. The van der Waals surface area contributed by atoms with E-state index in [2.05, 4.69) is 9.97 Å². The first-order chi connectivity index (χ1) is 6.56. The third kappa shape index (κ3) is 1.91. The van der Waals surface area contributed by atoms with Crippen molar-refractivity contribution in [1.82, 2.24) is 9.97 Å². The van der Waals surface area contributed by atoms with Gasteiger partial charge in [0.25, 0.3) is 6.43 Å². The van der Waals surface area contributed by atoms with Crippen molar-refractivity contribution >= 4 is 11.8 Å². The minimum atomic E-state index is -2.87. The number of anilines is 1. The maximum Gasteiger partial charge on any atom is 0.341 e. The van der Waals surface area contributed by atoms with Crippen LogP contribution in [0.4, 0.5) is 14.6 Å². The summed E-state index contributed by atoms with van der Waals surface area (Å²) < 4.78 is 24.2. The smallest absolute Gasteiger partial charge is 0.341 e. The number of halogens is 2. The molecule has 6 nitrogen and oxygen atoms in total. The fraction of sp³-hybridized carbons (Fsp3) is 0.167. The molecule has 0 aromatic carbocycles. The molecule has 0 saturated heterocycles. The summed E-state index contributed by atoms with van der Waals surface area (Å²) >= 11 is 0. The van der Waals surface area contributed by atoms with Gasteiger partial charge in [0.15, 0.2) is 11.6 Å². The van der Waals surface area contributed by atoms with Gasteiger partial charge in [-0.2, -0.15) is 0 Å². The SMILES string of the molecule is NNc1nc(C(F)F)ncc1C(=O)O. The molecule has 1 heterocycles. The number of hydrogen-bond acceptors (Lipinski definition) is 5. The van der Waals surface area contributed by atoms with Crippen LogP contribution in [0.25, 0.3) is 0 Å². The number of nitrogens with zero attached hydrogens (tertiary/aromatic N) is 2. The summed E-state index contributed by atoms with van der Waals surface area (Å²) in [5.41, 5.74) is 1.54. The molecule has 0 fully saturated rings. The van der Waals surface area contributed by atoms with Crippen LogP contribution in [0, 0.1) is 0 Å². The topological polar surface area (TPSA) is 101 Å². The Balaban J connectivity index is 3.18. The molecule has 1 aromatic heterocycles. The van der Waals surface area contributed by atoms with Crippen molar-refractivity contribution in [3.05, 3.63) is 17.6 Å². The Kier molecular flexibility index (Phi) is 2.87. The van der Waals surface area contributed by atoms with Crippen LogP contribution in [0.1, 0.15) is 22.6 Å². The van der Waals surface area contributed by atoms with E-state index in [0.29, 0.717) is 0 Å². The quantitative estimate of drug-likeness (QED) is 0.486. The van der Waals surface area contributed by atoms with Crippen molar-refractivity contribution < 1.29 is 18.7 Å². The van der Waals surface area contributed by atoms with Crippen molar-refractivity contribution in [3.8, 4) is 0 Å². The summed E-state index contributed by atoms with van der Waals surface area (Å²) in [5, 5.41) is 8.56. The molecule has 4 N–H and O–H groups in total. The van der Waals surface area contributed by atoms with E-state index in [4.69, 9.17) is 10.9 Å². The highest BCUT2D eigenvalue weighted by atomic mass is 19.3. The minimum absolute atomic E-state index is 0.345. The number of carbonyl (C=O) groups is 1. The zero-order valence-electron chi connectivity index (χ0n) is 6.74. The van der Waals surface area contributed by atoms with E-state index in [0.717, 1.165) is 6.20 Å². The molecule has 0 aliphatic heterocycles. The lowest BCUT2D eigenvalue weighted by Crippen LogP contribution is -2.15. The average Bonchev–Trinajstić information content (AvgIpc) is 2.16. The van der Waals surface area contributed by atoms with Gasteiger partial charge >= 0.3 is 5.97 Å². The van der Waals surface area contributed by atoms with Gasteiger partial charge in [-0.25, -0.2) is 29.4 Å². The lowest BCUT2D eigenvalue weighted by molar-refractivity contribution is 0.0696. The van der Waals surface area contributed by atoms with E-state index in [-0.39, 0.29) is 11.4 Å². The molecule has 0 saturated carbocycles. The van der Waals surface area contributed by atoms with Crippen LogP contribution in [-0.2, 0) is 0 Å². The van der Waals surface area contributed by atoms with Gasteiger partial charge < -0.3 is 10.5 Å². The molecular formula is C6H6F2N4O2. The van der Waals surface area contributed by atoms with Gasteiger partial charge in [0.05, 0.1) is 0 Å². The van der Waals surface area contributed by atoms with Gasteiger partial charge in [-0.15, -0.1) is 0 Å². The standard InChI is InChI=1S/C6H6F2N4O2/c7-3(8)5-10-1-2(6(13)14)4(11-5)12-9/h1,3H,9H2,(H,13,14)(H,10,11,12). The van der Waals surface area contributed by atoms with Crippen LogP contribution in [0.3, 0.4) is 0 Å². The zero-order valence-corrected chi connectivity index (χ0v) is 6.74. The fourth-order valence-electron chi connectivity index (χ4n) is 0.767. The summed E-state index contributed by atoms with van der Waals surface area (Å²) in [5.74, 6) is 2.44. The number of aromatic nitrogens is 2. The Morgan fingerprint density at radius 3 is 2.71 bits per heavy atom. The first-order valence-corrected chi connectivity index (χ1v) is 3.41. The number of nitrogens with two attached hydrogens (primary N) is 1. The second-order valence-corrected chi connectivity index (χ2v) is 2.24. The third-order valence-electron chi connectivity index (χ3n) is 1.37. The summed E-state index contributed by atoms with van der Waals surface area (Å²) in [4.78, 5) is 16.9. The van der Waals surface area contributed by atoms with Crippen LogP contribution in [0.2, 0.25) is 0 Å². The molecule has 8 heteroatoms. The first kappa shape index (κ1) is 10.3. The van der Waals surface area contributed by atoms with E-state index >= 15 is 0 Å². The first-order valence-electron chi connectivity index (χ1n) is 3.41. The predicted octanol–water partition coefficient (Wildman–Crippen LogP) is 0.398. The van der Waals surface area contributed by atoms with Gasteiger partial charge in [-0.05, 0) is 0 Å². The van der Waals surface area contributed by atoms with Gasteiger partial charge in [0.2, 0.25) is 0 Å². The number of rotatable bonds is 3. The molecule has 0 unspecified atom stereocenters. The molecule has 76 valence electrons. The Morgan fingerprint density at radius 2 is 2.29 bits per heavy atom. The number of hydrogen-bond donors (Lipinski definition) is 3. The van der Waals surface area contributed by atoms with Crippen LogP contribution in [0.15, 0.2) is 6.20 Å². The molecule has 0 spiro atoms. The molecule has 1 rings (SSSR count). The molecule has 0 amide bonds. The Hall–Kier alpha value is -1.83. The highest BCUT2D eigenvalue weighted by Gasteiger charge is 2.17. The van der Waals surface area contributed by atoms with Crippen molar-refractivity contribution in [2.24, 2.45) is 5.84 Å². The normalized spacial score (nSPS) is 10.3. The molecular weight excluding hydrogens is 198 g/mol. The van der Waals surface area contributed by atoms with Crippen LogP contribution in [-0.4, -0.2) is 21.0 Å². The lowest BCUT2D eigenvalue weighted by atomic mass is 10.3. The summed E-state index contributed by atoms with van der Waals surface area (Å²) in [6.07, 6.45) is -2.10. The maximum absolute atomic E-state index is 12.1. The number of carboxylic acids is 1. The highest BCUT2D eigenvalue weighted by molar-refractivity contribution is 5.92. The summed E-state index contributed by atoms with van der Waals surface area (Å²) in [7, 11) is 0. The molecule has 0 aliphatic carbocycles. The predicted molar refractivity (Wildman–Crippen MR) is 41.8 cm³/mol. The van der Waals surface area contributed by atoms with Gasteiger partial charge in [-0.1, -0.05) is 0 Å². The van der Waals surface area contributed by atoms with Crippen molar-refractivity contribution in [3.63, 3.8) is 0 Å². The molecule has 0 radical (unpaired) electrons. The third-order valence-corrected chi connectivity index (χ3v) is 1.37. The van der Waals surface area contributed by atoms with Crippen LogP contribution in [0.5, 0.6) is 0 Å². The van der Waals surface area contributed by atoms with E-state index in [1.807, 2.05) is 5.43 Å². The second-order valence-electron chi connectivity index (χ2n) is 2.24. The molecule has 0 bridgehead atoms. The number of nitrogens with one attached hydrogen (secondary N) is 1. The van der Waals surface area contributed by atoms with Crippen LogP contribution >= 0.6 is 0 Å². The lowest BCUT2D eigenvalue weighted by Gasteiger charge is -2.05. The number of hydrazine groups is 1. The van der Waals surface area contributed by atoms with Crippen molar-refractivity contribution in [2.45, 2.75) is 6.43 Å². The van der Waals surface area contributed by atoms with Crippen LogP contribution < -0.4 is 11.3 Å². The maximum atomic E-state index is 12.1.